The maximum Gasteiger partial charge on any atom is 0.407 e. The van der Waals surface area contributed by atoms with Crippen LogP contribution >= 0.6 is 0 Å². The van der Waals surface area contributed by atoms with E-state index in [2.05, 4.69) is 10.1 Å². The lowest BCUT2D eigenvalue weighted by atomic mass is 10.2. The number of nitrogen functional groups attached to an aromatic ring is 1. The zero-order valence-corrected chi connectivity index (χ0v) is 7.41. The lowest BCUT2D eigenvalue weighted by Gasteiger charge is -2.03. The number of amides is 1. The van der Waals surface area contributed by atoms with Crippen LogP contribution in [0.15, 0.2) is 24.3 Å². The Bertz CT molecular complexity index is 282. The normalized spacial score (nSPS) is 9.31. The maximum atomic E-state index is 10.7. The summed E-state index contributed by atoms with van der Waals surface area (Å²) in [7, 11) is 1.33. The van der Waals surface area contributed by atoms with Crippen molar-refractivity contribution >= 4 is 11.8 Å². The summed E-state index contributed by atoms with van der Waals surface area (Å²) in [6.07, 6.45) is -0.433. The van der Waals surface area contributed by atoms with Gasteiger partial charge in [-0.3, -0.25) is 0 Å². The number of methoxy groups -OCH3 is 1. The van der Waals surface area contributed by atoms with Crippen LogP contribution < -0.4 is 11.1 Å². The van der Waals surface area contributed by atoms with Crippen molar-refractivity contribution < 1.29 is 9.53 Å². The molecule has 0 saturated heterocycles. The molecule has 0 heterocycles. The number of hydrogen-bond donors (Lipinski definition) is 2. The SMILES string of the molecule is COC(=O)NCc1ccc(N)cc1. The average molecular weight is 180 g/mol. The van der Waals surface area contributed by atoms with Crippen molar-refractivity contribution in [1.29, 1.82) is 0 Å². The summed E-state index contributed by atoms with van der Waals surface area (Å²) in [6, 6.07) is 7.28. The number of alkyl carbamates (subject to hydrolysis) is 1. The first kappa shape index (κ1) is 9.38. The molecule has 13 heavy (non-hydrogen) atoms. The highest BCUT2D eigenvalue weighted by molar-refractivity contribution is 5.66. The summed E-state index contributed by atoms with van der Waals surface area (Å²) in [4.78, 5) is 10.7. The molecule has 1 aromatic rings. The van der Waals surface area contributed by atoms with Gasteiger partial charge in [-0.1, -0.05) is 12.1 Å². The molecule has 0 aliphatic rings. The van der Waals surface area contributed by atoms with Crippen molar-refractivity contribution in [1.82, 2.24) is 5.32 Å². The molecule has 0 saturated carbocycles. The Balaban J connectivity index is 2.46. The van der Waals surface area contributed by atoms with Crippen molar-refractivity contribution in [2.24, 2.45) is 0 Å². The quantitative estimate of drug-likeness (QED) is 0.670. The van der Waals surface area contributed by atoms with Gasteiger partial charge >= 0.3 is 6.09 Å². The molecule has 4 heteroatoms. The Morgan fingerprint density at radius 2 is 2.08 bits per heavy atom. The molecule has 4 nitrogen and oxygen atoms in total. The number of anilines is 1. The molecule has 3 N–H and O–H groups in total. The smallest absolute Gasteiger partial charge is 0.407 e. The molecular formula is C9H12N2O2. The van der Waals surface area contributed by atoms with E-state index in [1.54, 1.807) is 12.1 Å². The summed E-state index contributed by atoms with van der Waals surface area (Å²) >= 11 is 0. The van der Waals surface area contributed by atoms with Gasteiger partial charge in [0, 0.05) is 12.2 Å². The summed E-state index contributed by atoms with van der Waals surface area (Å²) in [5, 5.41) is 2.57. The van der Waals surface area contributed by atoms with E-state index in [0.29, 0.717) is 12.2 Å². The molecule has 0 fully saturated rings. The van der Waals surface area contributed by atoms with Gasteiger partial charge in [0.05, 0.1) is 7.11 Å². The van der Waals surface area contributed by atoms with E-state index in [9.17, 15) is 4.79 Å². The molecule has 0 aromatic heterocycles. The fourth-order valence-corrected chi connectivity index (χ4v) is 0.882. The highest BCUT2D eigenvalue weighted by Gasteiger charge is 1.97. The van der Waals surface area contributed by atoms with Gasteiger partial charge in [0.1, 0.15) is 0 Å². The number of carbonyl (C=O) groups is 1. The minimum Gasteiger partial charge on any atom is -0.453 e. The number of nitrogens with one attached hydrogen (secondary N) is 1. The van der Waals surface area contributed by atoms with Crippen LogP contribution in [0.1, 0.15) is 5.56 Å². The fourth-order valence-electron chi connectivity index (χ4n) is 0.882. The molecule has 0 unspecified atom stereocenters. The van der Waals surface area contributed by atoms with Crippen LogP contribution in [0.3, 0.4) is 0 Å². The van der Waals surface area contributed by atoms with Gasteiger partial charge in [0.2, 0.25) is 0 Å². The van der Waals surface area contributed by atoms with E-state index in [4.69, 9.17) is 5.73 Å². The summed E-state index contributed by atoms with van der Waals surface area (Å²) in [6.45, 7) is 0.451. The number of carbonyl (C=O) groups excluding carboxylic acids is 1. The van der Waals surface area contributed by atoms with E-state index in [0.717, 1.165) is 5.56 Å². The number of ether oxygens (including phenoxy) is 1. The number of rotatable bonds is 2. The van der Waals surface area contributed by atoms with Crippen molar-refractivity contribution in [3.63, 3.8) is 0 Å². The second-order valence-corrected chi connectivity index (χ2v) is 2.59. The predicted octanol–water partition coefficient (Wildman–Crippen LogP) is 1.12. The molecule has 0 bridgehead atoms. The average Bonchev–Trinajstić information content (AvgIpc) is 2.16. The lowest BCUT2D eigenvalue weighted by Crippen LogP contribution is -2.22. The topological polar surface area (TPSA) is 64.3 Å². The molecule has 1 rings (SSSR count). The lowest BCUT2D eigenvalue weighted by molar-refractivity contribution is 0.170. The van der Waals surface area contributed by atoms with Crippen LogP contribution in [-0.2, 0) is 11.3 Å². The summed E-state index contributed by atoms with van der Waals surface area (Å²) < 4.78 is 4.42. The Morgan fingerprint density at radius 1 is 1.46 bits per heavy atom. The van der Waals surface area contributed by atoms with E-state index in [1.807, 2.05) is 12.1 Å². The Labute approximate surface area is 76.7 Å². The van der Waals surface area contributed by atoms with Crippen LogP contribution in [0.4, 0.5) is 10.5 Å². The van der Waals surface area contributed by atoms with Gasteiger partial charge in [0.25, 0.3) is 0 Å². The number of hydrogen-bond acceptors (Lipinski definition) is 3. The third kappa shape index (κ3) is 3.02. The highest BCUT2D eigenvalue weighted by Crippen LogP contribution is 2.04. The van der Waals surface area contributed by atoms with Gasteiger partial charge in [0.15, 0.2) is 0 Å². The summed E-state index contributed by atoms with van der Waals surface area (Å²) in [5.41, 5.74) is 7.19. The first-order valence-electron chi connectivity index (χ1n) is 3.88. The van der Waals surface area contributed by atoms with E-state index in [1.165, 1.54) is 7.11 Å². The van der Waals surface area contributed by atoms with Crippen molar-refractivity contribution in [2.75, 3.05) is 12.8 Å². The molecule has 1 amide bonds. The molecule has 0 aliphatic heterocycles. The van der Waals surface area contributed by atoms with Crippen LogP contribution in [0, 0.1) is 0 Å². The number of benzene rings is 1. The van der Waals surface area contributed by atoms with Gasteiger partial charge in [-0.15, -0.1) is 0 Å². The molecule has 70 valence electrons. The predicted molar refractivity (Wildman–Crippen MR) is 50.1 cm³/mol. The second-order valence-electron chi connectivity index (χ2n) is 2.59. The van der Waals surface area contributed by atoms with E-state index in [-0.39, 0.29) is 0 Å². The Morgan fingerprint density at radius 3 is 2.62 bits per heavy atom. The van der Waals surface area contributed by atoms with Crippen LogP contribution in [0.2, 0.25) is 0 Å². The molecule has 0 radical (unpaired) electrons. The third-order valence-corrected chi connectivity index (χ3v) is 1.60. The first-order valence-corrected chi connectivity index (χ1v) is 3.88. The van der Waals surface area contributed by atoms with Crippen molar-refractivity contribution in [3.05, 3.63) is 29.8 Å². The number of nitrogens with two attached hydrogens (primary N) is 1. The largest absolute Gasteiger partial charge is 0.453 e. The maximum absolute atomic E-state index is 10.7. The van der Waals surface area contributed by atoms with Gasteiger partial charge in [-0.05, 0) is 17.7 Å². The first-order chi connectivity index (χ1) is 6.22. The molecule has 1 aromatic carbocycles. The van der Waals surface area contributed by atoms with E-state index >= 15 is 0 Å². The standard InChI is InChI=1S/C9H12N2O2/c1-13-9(12)11-6-7-2-4-8(10)5-3-7/h2-5H,6,10H2,1H3,(H,11,12). The molecule has 0 spiro atoms. The van der Waals surface area contributed by atoms with Gasteiger partial charge < -0.3 is 15.8 Å². The molecule has 0 aliphatic carbocycles. The third-order valence-electron chi connectivity index (χ3n) is 1.60. The minimum absolute atomic E-state index is 0.433. The van der Waals surface area contributed by atoms with E-state index < -0.39 is 6.09 Å². The van der Waals surface area contributed by atoms with Crippen LogP contribution in [0.25, 0.3) is 0 Å². The van der Waals surface area contributed by atoms with Gasteiger partial charge in [-0.2, -0.15) is 0 Å². The zero-order chi connectivity index (χ0) is 9.68. The monoisotopic (exact) mass is 180 g/mol. The van der Waals surface area contributed by atoms with Crippen LogP contribution in [-0.4, -0.2) is 13.2 Å². The zero-order valence-electron chi connectivity index (χ0n) is 7.41. The minimum atomic E-state index is -0.433. The van der Waals surface area contributed by atoms with Gasteiger partial charge in [-0.25, -0.2) is 4.79 Å². The van der Waals surface area contributed by atoms with Crippen molar-refractivity contribution in [3.8, 4) is 0 Å². The second kappa shape index (κ2) is 4.35. The fraction of sp³-hybridized carbons (Fsp3) is 0.222. The van der Waals surface area contributed by atoms with Crippen molar-refractivity contribution in [2.45, 2.75) is 6.54 Å². The molecule has 0 atom stereocenters. The highest BCUT2D eigenvalue weighted by atomic mass is 16.5. The molecular weight excluding hydrogens is 168 g/mol. The Hall–Kier alpha value is -1.71. The Kier molecular flexibility index (Phi) is 3.14. The summed E-state index contributed by atoms with van der Waals surface area (Å²) in [5.74, 6) is 0. The van der Waals surface area contributed by atoms with Crippen LogP contribution in [0.5, 0.6) is 0 Å².